The minimum absolute atomic E-state index is 0.171. The van der Waals surface area contributed by atoms with E-state index in [1.54, 1.807) is 7.11 Å². The molecule has 0 aliphatic carbocycles. The van der Waals surface area contributed by atoms with Crippen LogP contribution in [-0.4, -0.2) is 24.0 Å². The van der Waals surface area contributed by atoms with Gasteiger partial charge in [0.25, 0.3) is 0 Å². The third-order valence-corrected chi connectivity index (χ3v) is 4.20. The molecule has 1 amide bonds. The van der Waals surface area contributed by atoms with Crippen LogP contribution in [0.25, 0.3) is 6.08 Å². The summed E-state index contributed by atoms with van der Waals surface area (Å²) in [4.78, 5) is 14.1. The molecule has 2 aromatic carbocycles. The number of benzene rings is 2. The van der Waals surface area contributed by atoms with E-state index in [4.69, 9.17) is 4.74 Å². The van der Waals surface area contributed by atoms with E-state index >= 15 is 0 Å². The largest absolute Gasteiger partial charge is 0.497 e. The van der Waals surface area contributed by atoms with Crippen LogP contribution in [-0.2, 0) is 11.3 Å². The highest BCUT2D eigenvalue weighted by atomic mass is 16.5. The molecule has 1 fully saturated rings. The molecular weight excluding hydrogens is 286 g/mol. The Morgan fingerprint density at radius 3 is 2.57 bits per heavy atom. The maximum absolute atomic E-state index is 12.2. The molecule has 1 atom stereocenters. The molecule has 2 aromatic rings. The summed E-state index contributed by atoms with van der Waals surface area (Å²) in [5.41, 5.74) is 2.29. The molecular formula is C20H21NO2. The Bertz CT molecular complexity index is 677. The second-order valence-electron chi connectivity index (χ2n) is 5.75. The number of methoxy groups -OCH3 is 1. The van der Waals surface area contributed by atoms with Crippen molar-refractivity contribution in [2.45, 2.75) is 25.4 Å². The Morgan fingerprint density at radius 2 is 1.87 bits per heavy atom. The van der Waals surface area contributed by atoms with E-state index < -0.39 is 0 Å². The first-order valence-electron chi connectivity index (χ1n) is 7.92. The van der Waals surface area contributed by atoms with Gasteiger partial charge in [0.15, 0.2) is 0 Å². The third-order valence-electron chi connectivity index (χ3n) is 4.20. The minimum Gasteiger partial charge on any atom is -0.497 e. The number of ether oxygens (including phenoxy) is 1. The van der Waals surface area contributed by atoms with Crippen LogP contribution < -0.4 is 4.74 Å². The number of rotatable bonds is 5. The summed E-state index contributed by atoms with van der Waals surface area (Å²) in [6.45, 7) is 0.678. The lowest BCUT2D eigenvalue weighted by Gasteiger charge is -2.22. The summed E-state index contributed by atoms with van der Waals surface area (Å²) in [6.07, 6.45) is 5.74. The van der Waals surface area contributed by atoms with Gasteiger partial charge in [-0.1, -0.05) is 54.6 Å². The van der Waals surface area contributed by atoms with Crippen molar-refractivity contribution >= 4 is 12.0 Å². The van der Waals surface area contributed by atoms with Crippen molar-refractivity contribution in [2.75, 3.05) is 7.11 Å². The summed E-state index contributed by atoms with van der Waals surface area (Å²) >= 11 is 0. The first-order chi connectivity index (χ1) is 11.3. The summed E-state index contributed by atoms with van der Waals surface area (Å²) in [7, 11) is 1.66. The topological polar surface area (TPSA) is 29.5 Å². The van der Waals surface area contributed by atoms with Crippen LogP contribution >= 0.6 is 0 Å². The second kappa shape index (κ2) is 7.14. The van der Waals surface area contributed by atoms with Crippen LogP contribution in [0, 0.1) is 0 Å². The first kappa shape index (κ1) is 15.3. The molecule has 3 heteroatoms. The zero-order chi connectivity index (χ0) is 16.1. The third kappa shape index (κ3) is 3.81. The summed E-state index contributed by atoms with van der Waals surface area (Å²) in [5.74, 6) is 1.09. The second-order valence-corrected chi connectivity index (χ2v) is 5.75. The van der Waals surface area contributed by atoms with Crippen LogP contribution in [0.4, 0.5) is 0 Å². The van der Waals surface area contributed by atoms with Crippen molar-refractivity contribution in [3.8, 4) is 5.75 Å². The quantitative estimate of drug-likeness (QED) is 0.838. The highest BCUT2D eigenvalue weighted by molar-refractivity contribution is 5.79. The van der Waals surface area contributed by atoms with Gasteiger partial charge in [0.1, 0.15) is 5.75 Å². The normalized spacial score (nSPS) is 17.9. The van der Waals surface area contributed by atoms with Crippen LogP contribution in [0.2, 0.25) is 0 Å². The van der Waals surface area contributed by atoms with Crippen molar-refractivity contribution in [1.82, 2.24) is 4.90 Å². The summed E-state index contributed by atoms with van der Waals surface area (Å²) in [6, 6.07) is 18.3. The zero-order valence-electron chi connectivity index (χ0n) is 13.3. The predicted molar refractivity (Wildman–Crippen MR) is 92.0 cm³/mol. The van der Waals surface area contributed by atoms with Gasteiger partial charge in [-0.2, -0.15) is 0 Å². The van der Waals surface area contributed by atoms with E-state index in [2.05, 4.69) is 24.3 Å². The lowest BCUT2D eigenvalue weighted by atomic mass is 10.1. The monoisotopic (exact) mass is 307 g/mol. The van der Waals surface area contributed by atoms with Gasteiger partial charge in [-0.25, -0.2) is 0 Å². The Hall–Kier alpha value is -2.55. The maximum Gasteiger partial charge on any atom is 0.223 e. The molecule has 0 N–H and O–H groups in total. The zero-order valence-corrected chi connectivity index (χ0v) is 13.3. The number of carbonyl (C=O) groups excluding carboxylic acids is 1. The van der Waals surface area contributed by atoms with Gasteiger partial charge in [-0.05, 0) is 29.7 Å². The van der Waals surface area contributed by atoms with Crippen LogP contribution in [0.3, 0.4) is 0 Å². The molecule has 118 valence electrons. The fourth-order valence-electron chi connectivity index (χ4n) is 2.88. The van der Waals surface area contributed by atoms with Crippen molar-refractivity contribution < 1.29 is 9.53 Å². The van der Waals surface area contributed by atoms with Gasteiger partial charge in [0, 0.05) is 13.0 Å². The fourth-order valence-corrected chi connectivity index (χ4v) is 2.88. The lowest BCUT2D eigenvalue weighted by Crippen LogP contribution is -2.31. The van der Waals surface area contributed by atoms with Crippen molar-refractivity contribution in [2.24, 2.45) is 0 Å². The summed E-state index contributed by atoms with van der Waals surface area (Å²) in [5, 5.41) is 0. The molecule has 1 saturated heterocycles. The number of hydrogen-bond acceptors (Lipinski definition) is 2. The Kier molecular flexibility index (Phi) is 4.77. The number of hydrogen-bond donors (Lipinski definition) is 0. The standard InChI is InChI=1S/C20H21NO2/c1-23-19-12-8-16(9-13-19)7-10-18-11-14-20(22)21(18)15-17-5-3-2-4-6-17/h2-10,12-13,18H,11,14-15H2,1H3/b10-7+. The van der Waals surface area contributed by atoms with E-state index in [1.807, 2.05) is 47.4 Å². The van der Waals surface area contributed by atoms with Gasteiger partial charge in [0.05, 0.1) is 13.2 Å². The van der Waals surface area contributed by atoms with Gasteiger partial charge >= 0.3 is 0 Å². The molecule has 3 nitrogen and oxygen atoms in total. The van der Waals surface area contributed by atoms with Gasteiger partial charge in [0.2, 0.25) is 5.91 Å². The van der Waals surface area contributed by atoms with E-state index in [0.29, 0.717) is 13.0 Å². The van der Waals surface area contributed by atoms with Gasteiger partial charge in [-0.3, -0.25) is 4.79 Å². The predicted octanol–water partition coefficient (Wildman–Crippen LogP) is 3.90. The molecule has 1 unspecified atom stereocenters. The average Bonchev–Trinajstić information content (AvgIpc) is 2.94. The van der Waals surface area contributed by atoms with Crippen LogP contribution in [0.15, 0.2) is 60.7 Å². The number of carbonyl (C=O) groups is 1. The molecule has 0 aromatic heterocycles. The number of nitrogens with zero attached hydrogens (tertiary/aromatic N) is 1. The minimum atomic E-state index is 0.171. The Labute approximate surface area is 137 Å². The molecule has 1 aliphatic rings. The van der Waals surface area contributed by atoms with Crippen molar-refractivity contribution in [1.29, 1.82) is 0 Å². The average molecular weight is 307 g/mol. The lowest BCUT2D eigenvalue weighted by molar-refractivity contribution is -0.129. The molecule has 0 radical (unpaired) electrons. The molecule has 3 rings (SSSR count). The van der Waals surface area contributed by atoms with Gasteiger partial charge < -0.3 is 9.64 Å². The highest BCUT2D eigenvalue weighted by Gasteiger charge is 2.28. The molecule has 23 heavy (non-hydrogen) atoms. The Morgan fingerprint density at radius 1 is 1.13 bits per heavy atom. The molecule has 1 aliphatic heterocycles. The molecule has 0 saturated carbocycles. The van der Waals surface area contributed by atoms with Crippen LogP contribution in [0.1, 0.15) is 24.0 Å². The maximum atomic E-state index is 12.2. The van der Waals surface area contributed by atoms with E-state index in [0.717, 1.165) is 17.7 Å². The fraction of sp³-hybridized carbons (Fsp3) is 0.250. The van der Waals surface area contributed by atoms with E-state index in [9.17, 15) is 4.79 Å². The highest BCUT2D eigenvalue weighted by Crippen LogP contribution is 2.23. The number of likely N-dealkylation sites (tertiary alicyclic amines) is 1. The molecule has 0 spiro atoms. The van der Waals surface area contributed by atoms with Crippen molar-refractivity contribution in [3.63, 3.8) is 0 Å². The summed E-state index contributed by atoms with van der Waals surface area (Å²) < 4.78 is 5.17. The van der Waals surface area contributed by atoms with E-state index in [-0.39, 0.29) is 11.9 Å². The SMILES string of the molecule is COc1ccc(/C=C/C2CCC(=O)N2Cc2ccccc2)cc1. The smallest absolute Gasteiger partial charge is 0.223 e. The van der Waals surface area contributed by atoms with Crippen LogP contribution in [0.5, 0.6) is 5.75 Å². The van der Waals surface area contributed by atoms with E-state index in [1.165, 1.54) is 5.56 Å². The molecule has 0 bridgehead atoms. The van der Waals surface area contributed by atoms with Gasteiger partial charge in [-0.15, -0.1) is 0 Å². The first-order valence-corrected chi connectivity index (χ1v) is 7.92. The molecule has 1 heterocycles. The Balaban J connectivity index is 1.70. The number of amides is 1. The van der Waals surface area contributed by atoms with Crippen molar-refractivity contribution in [3.05, 3.63) is 71.8 Å².